The normalized spacial score (nSPS) is 10.9. The molecule has 0 atom stereocenters. The highest BCUT2D eigenvalue weighted by Crippen LogP contribution is 2.35. The van der Waals surface area contributed by atoms with Crippen LogP contribution in [0.15, 0.2) is 43.9 Å². The van der Waals surface area contributed by atoms with Crippen molar-refractivity contribution in [2.75, 3.05) is 0 Å². The average molecular weight is 403 g/mol. The largest absolute Gasteiger partial charge is 0.483 e. The summed E-state index contributed by atoms with van der Waals surface area (Å²) in [5.41, 5.74) is 0.734. The number of ether oxygens (including phenoxy) is 1. The molecule has 0 aliphatic rings. The van der Waals surface area contributed by atoms with Gasteiger partial charge in [0.25, 0.3) is 0 Å². The minimum Gasteiger partial charge on any atom is -0.483 e. The van der Waals surface area contributed by atoms with Gasteiger partial charge < -0.3 is 14.4 Å². The molecule has 0 radical (unpaired) electrons. The summed E-state index contributed by atoms with van der Waals surface area (Å²) >= 11 is 6.77. The number of aromatic nitrogens is 1. The molecule has 0 bridgehead atoms. The molecule has 2 rings (SSSR count). The maximum atomic E-state index is 10.5. The Hall–Kier alpha value is -1.60. The fourth-order valence-electron chi connectivity index (χ4n) is 1.44. The van der Waals surface area contributed by atoms with Crippen LogP contribution in [0.5, 0.6) is 5.75 Å². The van der Waals surface area contributed by atoms with Gasteiger partial charge in [-0.15, -0.1) is 0 Å². The standard InChI is InChI=1S/C13H9Br2NO4/c14-10-5-8(1-2-12(17)18)6-11(15)13(10)19-7-9-3-4-16-20-9/h1-6H,7H2,(H,17,18)/b2-1+. The minimum absolute atomic E-state index is 0.251. The van der Waals surface area contributed by atoms with Crippen molar-refractivity contribution in [3.8, 4) is 5.75 Å². The molecule has 0 unspecified atom stereocenters. The van der Waals surface area contributed by atoms with Gasteiger partial charge in [-0.25, -0.2) is 4.79 Å². The van der Waals surface area contributed by atoms with E-state index in [0.29, 0.717) is 20.5 Å². The van der Waals surface area contributed by atoms with Crippen LogP contribution >= 0.6 is 31.9 Å². The Balaban J connectivity index is 2.16. The third-order valence-corrected chi connectivity index (χ3v) is 3.47. The van der Waals surface area contributed by atoms with Gasteiger partial charge in [0.15, 0.2) is 5.76 Å². The van der Waals surface area contributed by atoms with Crippen molar-refractivity contribution in [3.63, 3.8) is 0 Å². The van der Waals surface area contributed by atoms with Gasteiger partial charge in [0.2, 0.25) is 0 Å². The molecule has 0 saturated heterocycles. The topological polar surface area (TPSA) is 72.6 Å². The number of rotatable bonds is 5. The van der Waals surface area contributed by atoms with Crippen molar-refractivity contribution >= 4 is 43.9 Å². The highest BCUT2D eigenvalue weighted by molar-refractivity contribution is 9.11. The summed E-state index contributed by atoms with van der Waals surface area (Å²) in [6, 6.07) is 5.24. The lowest BCUT2D eigenvalue weighted by molar-refractivity contribution is -0.131. The first kappa shape index (κ1) is 14.8. The second-order valence-electron chi connectivity index (χ2n) is 3.75. The lowest BCUT2D eigenvalue weighted by Crippen LogP contribution is -1.96. The second-order valence-corrected chi connectivity index (χ2v) is 5.46. The molecule has 0 amide bonds. The SMILES string of the molecule is O=C(O)/C=C/c1cc(Br)c(OCc2ccno2)c(Br)c1. The summed E-state index contributed by atoms with van der Waals surface area (Å²) in [6.07, 6.45) is 4.12. The number of hydrogen-bond acceptors (Lipinski definition) is 4. The maximum absolute atomic E-state index is 10.5. The fourth-order valence-corrected chi connectivity index (χ4v) is 2.89. The molecule has 0 spiro atoms. The first-order valence-corrected chi connectivity index (χ1v) is 7.07. The molecule has 5 nitrogen and oxygen atoms in total. The van der Waals surface area contributed by atoms with Gasteiger partial charge >= 0.3 is 5.97 Å². The Morgan fingerprint density at radius 1 is 1.40 bits per heavy atom. The predicted molar refractivity (Wildman–Crippen MR) is 79.3 cm³/mol. The van der Waals surface area contributed by atoms with E-state index >= 15 is 0 Å². The third-order valence-electron chi connectivity index (χ3n) is 2.29. The quantitative estimate of drug-likeness (QED) is 0.768. The second kappa shape index (κ2) is 6.71. The summed E-state index contributed by atoms with van der Waals surface area (Å²) < 4.78 is 12.0. The van der Waals surface area contributed by atoms with Gasteiger partial charge in [-0.2, -0.15) is 0 Å². The summed E-state index contributed by atoms with van der Waals surface area (Å²) in [5, 5.41) is 12.2. The van der Waals surface area contributed by atoms with Gasteiger partial charge in [0.05, 0.1) is 15.1 Å². The number of nitrogens with zero attached hydrogens (tertiary/aromatic N) is 1. The van der Waals surface area contributed by atoms with Crippen molar-refractivity contribution in [3.05, 3.63) is 50.7 Å². The zero-order valence-corrected chi connectivity index (χ0v) is 13.2. The van der Waals surface area contributed by atoms with Gasteiger partial charge in [0, 0.05) is 12.1 Å². The maximum Gasteiger partial charge on any atom is 0.328 e. The zero-order valence-electron chi connectivity index (χ0n) is 10.0. The van der Waals surface area contributed by atoms with Crippen molar-refractivity contribution in [1.29, 1.82) is 0 Å². The molecular weight excluding hydrogens is 394 g/mol. The molecule has 0 saturated carbocycles. The molecule has 1 heterocycles. The molecule has 0 aliphatic carbocycles. The summed E-state index contributed by atoms with van der Waals surface area (Å²) in [5.74, 6) is 0.218. The Morgan fingerprint density at radius 2 is 2.10 bits per heavy atom. The van der Waals surface area contributed by atoms with Gasteiger partial charge in [0.1, 0.15) is 12.4 Å². The Bertz CT molecular complexity index is 615. The van der Waals surface area contributed by atoms with E-state index in [1.807, 2.05) is 0 Å². The lowest BCUT2D eigenvalue weighted by Gasteiger charge is -2.09. The van der Waals surface area contributed by atoms with Crippen LogP contribution in [-0.2, 0) is 11.4 Å². The van der Waals surface area contributed by atoms with Crippen molar-refractivity contribution in [1.82, 2.24) is 5.16 Å². The molecule has 20 heavy (non-hydrogen) atoms. The van der Waals surface area contributed by atoms with Crippen LogP contribution in [0.2, 0.25) is 0 Å². The first-order chi connectivity index (χ1) is 9.56. The number of aliphatic carboxylic acids is 1. The Labute approximate surface area is 131 Å². The molecule has 2 aromatic rings. The van der Waals surface area contributed by atoms with E-state index in [-0.39, 0.29) is 6.61 Å². The van der Waals surface area contributed by atoms with Crippen LogP contribution in [-0.4, -0.2) is 16.2 Å². The lowest BCUT2D eigenvalue weighted by atomic mass is 10.2. The fraction of sp³-hybridized carbons (Fsp3) is 0.0769. The minimum atomic E-state index is -0.997. The van der Waals surface area contributed by atoms with E-state index in [9.17, 15) is 4.79 Å². The Morgan fingerprint density at radius 3 is 2.65 bits per heavy atom. The van der Waals surface area contributed by atoms with E-state index in [1.54, 1.807) is 24.4 Å². The molecule has 0 aliphatic heterocycles. The van der Waals surface area contributed by atoms with Crippen LogP contribution in [0.3, 0.4) is 0 Å². The molecule has 7 heteroatoms. The van der Waals surface area contributed by atoms with E-state index in [0.717, 1.165) is 11.6 Å². The number of hydrogen-bond donors (Lipinski definition) is 1. The van der Waals surface area contributed by atoms with Crippen LogP contribution in [0.1, 0.15) is 11.3 Å². The number of halogens is 2. The van der Waals surface area contributed by atoms with E-state index in [4.69, 9.17) is 14.4 Å². The Kier molecular flexibility index (Phi) is 4.97. The summed E-state index contributed by atoms with van der Waals surface area (Å²) in [4.78, 5) is 10.5. The molecule has 0 fully saturated rings. The molecule has 1 N–H and O–H groups in total. The number of benzene rings is 1. The summed E-state index contributed by atoms with van der Waals surface area (Å²) in [6.45, 7) is 0.251. The van der Waals surface area contributed by atoms with Crippen molar-refractivity contribution < 1.29 is 19.2 Å². The molecule has 1 aromatic carbocycles. The van der Waals surface area contributed by atoms with E-state index in [2.05, 4.69) is 37.0 Å². The monoisotopic (exact) mass is 401 g/mol. The van der Waals surface area contributed by atoms with Crippen molar-refractivity contribution in [2.45, 2.75) is 6.61 Å². The first-order valence-electron chi connectivity index (χ1n) is 5.48. The van der Waals surface area contributed by atoms with Crippen LogP contribution in [0.4, 0.5) is 0 Å². The third kappa shape index (κ3) is 3.94. The van der Waals surface area contributed by atoms with E-state index < -0.39 is 5.97 Å². The molecule has 1 aromatic heterocycles. The number of carboxylic acid groups (broad SMARTS) is 1. The highest BCUT2D eigenvalue weighted by Gasteiger charge is 2.09. The van der Waals surface area contributed by atoms with Crippen LogP contribution < -0.4 is 4.74 Å². The van der Waals surface area contributed by atoms with Gasteiger partial charge in [-0.1, -0.05) is 5.16 Å². The number of carboxylic acids is 1. The zero-order chi connectivity index (χ0) is 14.5. The average Bonchev–Trinajstić information content (AvgIpc) is 2.88. The smallest absolute Gasteiger partial charge is 0.328 e. The van der Waals surface area contributed by atoms with Crippen LogP contribution in [0, 0.1) is 0 Å². The molecular formula is C13H9Br2NO4. The van der Waals surface area contributed by atoms with Gasteiger partial charge in [-0.05, 0) is 55.6 Å². The van der Waals surface area contributed by atoms with E-state index in [1.165, 1.54) is 6.08 Å². The number of carbonyl (C=O) groups is 1. The van der Waals surface area contributed by atoms with Crippen LogP contribution in [0.25, 0.3) is 6.08 Å². The summed E-state index contributed by atoms with van der Waals surface area (Å²) in [7, 11) is 0. The van der Waals surface area contributed by atoms with Crippen molar-refractivity contribution in [2.24, 2.45) is 0 Å². The van der Waals surface area contributed by atoms with Gasteiger partial charge in [-0.3, -0.25) is 0 Å². The highest BCUT2D eigenvalue weighted by atomic mass is 79.9. The predicted octanol–water partition coefficient (Wildman–Crippen LogP) is 3.88. The molecule has 104 valence electrons.